The van der Waals surface area contributed by atoms with Crippen LogP contribution in [0.4, 0.5) is 0 Å². The lowest BCUT2D eigenvalue weighted by Crippen LogP contribution is -2.54. The molecule has 8 heteroatoms. The molecule has 0 bridgehead atoms. The smallest absolute Gasteiger partial charge is 0.236 e. The van der Waals surface area contributed by atoms with Gasteiger partial charge in [0, 0.05) is 45.8 Å². The fourth-order valence-corrected chi connectivity index (χ4v) is 3.93. The minimum absolute atomic E-state index is 0.253. The number of aliphatic imine (C=N–C) groups is 1. The highest BCUT2D eigenvalue weighted by atomic mass is 16.5. The molecule has 1 unspecified atom stereocenters. The minimum atomic E-state index is -0.687. The van der Waals surface area contributed by atoms with Crippen LogP contribution in [0.2, 0.25) is 0 Å². The first-order chi connectivity index (χ1) is 14.6. The van der Waals surface area contributed by atoms with Crippen LogP contribution in [0.5, 0.6) is 5.75 Å². The number of hydrogen-bond donors (Lipinski definition) is 2. The molecule has 0 spiro atoms. The van der Waals surface area contributed by atoms with Crippen molar-refractivity contribution in [2.24, 2.45) is 4.99 Å². The van der Waals surface area contributed by atoms with Gasteiger partial charge in [0.25, 0.3) is 0 Å². The molecule has 2 aliphatic rings. The van der Waals surface area contributed by atoms with Gasteiger partial charge in [-0.25, -0.2) is 0 Å². The van der Waals surface area contributed by atoms with Crippen molar-refractivity contribution in [1.29, 1.82) is 0 Å². The molecule has 1 atom stereocenters. The lowest BCUT2D eigenvalue weighted by Gasteiger charge is -2.36. The van der Waals surface area contributed by atoms with E-state index in [2.05, 4.69) is 20.1 Å². The van der Waals surface area contributed by atoms with E-state index in [-0.39, 0.29) is 12.5 Å². The Morgan fingerprint density at radius 1 is 1.17 bits per heavy atom. The van der Waals surface area contributed by atoms with Gasteiger partial charge in [-0.1, -0.05) is 12.1 Å². The topological polar surface area (TPSA) is 80.6 Å². The number of aliphatic hydroxyl groups excluding tert-OH is 1. The number of likely N-dealkylation sites (tertiary alicyclic amines) is 1. The summed E-state index contributed by atoms with van der Waals surface area (Å²) in [7, 11) is 1.62. The van der Waals surface area contributed by atoms with E-state index in [0.29, 0.717) is 6.54 Å². The normalized spacial score (nSPS) is 19.1. The van der Waals surface area contributed by atoms with Gasteiger partial charge in [-0.15, -0.1) is 0 Å². The number of benzene rings is 1. The number of carbonyl (C=O) groups excluding carboxylic acids is 1. The second kappa shape index (κ2) is 11.2. The van der Waals surface area contributed by atoms with E-state index in [1.54, 1.807) is 7.11 Å². The SMILES string of the molecule is CCNC(=NCC(O)c1cccc(OC)c1)N1CCN(CC(=O)N2CCCC2)CC1. The van der Waals surface area contributed by atoms with Crippen LogP contribution in [0.3, 0.4) is 0 Å². The van der Waals surface area contributed by atoms with Crippen LogP contribution in [0.25, 0.3) is 0 Å². The van der Waals surface area contributed by atoms with Crippen molar-refractivity contribution in [3.05, 3.63) is 29.8 Å². The van der Waals surface area contributed by atoms with Gasteiger partial charge in [0.15, 0.2) is 5.96 Å². The first kappa shape index (κ1) is 22.4. The van der Waals surface area contributed by atoms with Gasteiger partial charge >= 0.3 is 0 Å². The number of hydrogen-bond acceptors (Lipinski definition) is 5. The van der Waals surface area contributed by atoms with Crippen molar-refractivity contribution in [3.8, 4) is 5.75 Å². The van der Waals surface area contributed by atoms with Crippen molar-refractivity contribution >= 4 is 11.9 Å². The number of aliphatic hydroxyl groups is 1. The summed E-state index contributed by atoms with van der Waals surface area (Å²) < 4.78 is 5.24. The van der Waals surface area contributed by atoms with Crippen molar-refractivity contribution < 1.29 is 14.6 Å². The molecule has 2 N–H and O–H groups in total. The van der Waals surface area contributed by atoms with E-state index in [9.17, 15) is 9.90 Å². The number of carbonyl (C=O) groups is 1. The second-order valence-corrected chi connectivity index (χ2v) is 7.84. The maximum atomic E-state index is 12.4. The Bertz CT molecular complexity index is 712. The lowest BCUT2D eigenvalue weighted by molar-refractivity contribution is -0.131. The Hall–Kier alpha value is -2.32. The molecule has 3 rings (SSSR count). The zero-order chi connectivity index (χ0) is 21.3. The fourth-order valence-electron chi connectivity index (χ4n) is 3.93. The molecule has 166 valence electrons. The van der Waals surface area contributed by atoms with Gasteiger partial charge in [-0.3, -0.25) is 14.7 Å². The van der Waals surface area contributed by atoms with Crippen LogP contribution in [0, 0.1) is 0 Å². The summed E-state index contributed by atoms with van der Waals surface area (Å²) in [5.41, 5.74) is 0.791. The number of methoxy groups -OCH3 is 1. The molecule has 30 heavy (non-hydrogen) atoms. The van der Waals surface area contributed by atoms with E-state index in [1.165, 1.54) is 0 Å². The molecule has 0 aromatic heterocycles. The maximum Gasteiger partial charge on any atom is 0.236 e. The number of nitrogens with one attached hydrogen (secondary N) is 1. The van der Waals surface area contributed by atoms with Gasteiger partial charge in [0.05, 0.1) is 26.3 Å². The van der Waals surface area contributed by atoms with Crippen molar-refractivity contribution in [3.63, 3.8) is 0 Å². The Morgan fingerprint density at radius 3 is 2.57 bits per heavy atom. The number of piperazine rings is 1. The van der Waals surface area contributed by atoms with Crippen LogP contribution in [0.15, 0.2) is 29.3 Å². The van der Waals surface area contributed by atoms with Gasteiger partial charge in [-0.2, -0.15) is 0 Å². The largest absolute Gasteiger partial charge is 0.497 e. The average molecular weight is 418 g/mol. The highest BCUT2D eigenvalue weighted by molar-refractivity contribution is 5.80. The highest BCUT2D eigenvalue weighted by Crippen LogP contribution is 2.19. The van der Waals surface area contributed by atoms with Crippen molar-refractivity contribution in [1.82, 2.24) is 20.0 Å². The van der Waals surface area contributed by atoms with Gasteiger partial charge in [0.1, 0.15) is 5.75 Å². The fraction of sp³-hybridized carbons (Fsp3) is 0.636. The Labute approximate surface area is 179 Å². The summed E-state index contributed by atoms with van der Waals surface area (Å²) in [6.07, 6.45) is 1.57. The van der Waals surface area contributed by atoms with Gasteiger partial charge in [-0.05, 0) is 37.5 Å². The summed E-state index contributed by atoms with van der Waals surface area (Å²) >= 11 is 0. The Morgan fingerprint density at radius 2 is 1.90 bits per heavy atom. The molecule has 0 aliphatic carbocycles. The zero-order valence-electron chi connectivity index (χ0n) is 18.2. The van der Waals surface area contributed by atoms with Crippen LogP contribution in [-0.2, 0) is 4.79 Å². The summed E-state index contributed by atoms with van der Waals surface area (Å²) in [6, 6.07) is 7.45. The molecule has 8 nitrogen and oxygen atoms in total. The quantitative estimate of drug-likeness (QED) is 0.508. The molecule has 1 aromatic rings. The molecule has 2 saturated heterocycles. The van der Waals surface area contributed by atoms with Crippen LogP contribution in [-0.4, -0.2) is 97.7 Å². The summed E-state index contributed by atoms with van der Waals surface area (Å²) in [4.78, 5) is 23.5. The predicted octanol–water partition coefficient (Wildman–Crippen LogP) is 0.934. The van der Waals surface area contributed by atoms with Gasteiger partial charge < -0.3 is 25.0 Å². The molecule has 2 heterocycles. The monoisotopic (exact) mass is 417 g/mol. The number of ether oxygens (including phenoxy) is 1. The Balaban J connectivity index is 1.52. The van der Waals surface area contributed by atoms with E-state index in [1.807, 2.05) is 36.1 Å². The maximum absolute atomic E-state index is 12.4. The zero-order valence-corrected chi connectivity index (χ0v) is 18.2. The molecule has 2 fully saturated rings. The number of rotatable bonds is 7. The first-order valence-electron chi connectivity index (χ1n) is 11.0. The van der Waals surface area contributed by atoms with E-state index in [4.69, 9.17) is 4.74 Å². The summed E-state index contributed by atoms with van der Waals surface area (Å²) in [5.74, 6) is 1.79. The number of amides is 1. The van der Waals surface area contributed by atoms with E-state index in [0.717, 1.165) is 75.9 Å². The van der Waals surface area contributed by atoms with E-state index >= 15 is 0 Å². The summed E-state index contributed by atoms with van der Waals surface area (Å²) in [5, 5.41) is 13.9. The van der Waals surface area contributed by atoms with Gasteiger partial charge in [0.2, 0.25) is 5.91 Å². The third-order valence-electron chi connectivity index (χ3n) is 5.72. The third-order valence-corrected chi connectivity index (χ3v) is 5.72. The Kier molecular flexibility index (Phi) is 8.33. The average Bonchev–Trinajstić information content (AvgIpc) is 3.32. The van der Waals surface area contributed by atoms with Crippen molar-refractivity contribution in [2.75, 3.05) is 66.0 Å². The summed E-state index contributed by atoms with van der Waals surface area (Å²) in [6.45, 7) is 8.71. The first-order valence-corrected chi connectivity index (χ1v) is 11.0. The molecule has 1 aromatic carbocycles. The minimum Gasteiger partial charge on any atom is -0.497 e. The van der Waals surface area contributed by atoms with E-state index < -0.39 is 6.10 Å². The van der Waals surface area contributed by atoms with Crippen molar-refractivity contribution in [2.45, 2.75) is 25.9 Å². The molecule has 1 amide bonds. The lowest BCUT2D eigenvalue weighted by atomic mass is 10.1. The molecular formula is C22H35N5O3. The number of guanidine groups is 1. The predicted molar refractivity (Wildman–Crippen MR) is 118 cm³/mol. The second-order valence-electron chi connectivity index (χ2n) is 7.84. The van der Waals surface area contributed by atoms with Crippen LogP contribution >= 0.6 is 0 Å². The third kappa shape index (κ3) is 6.09. The standard InChI is InChI=1S/C22H35N5O3/c1-3-23-22(24-16-20(28)18-7-6-8-19(15-18)30-2)27-13-11-25(12-14-27)17-21(29)26-9-4-5-10-26/h6-8,15,20,28H,3-5,9-14,16-17H2,1-2H3,(H,23,24). The van der Waals surface area contributed by atoms with Crippen LogP contribution < -0.4 is 10.1 Å². The molecule has 0 saturated carbocycles. The van der Waals surface area contributed by atoms with Crippen LogP contribution in [0.1, 0.15) is 31.4 Å². The number of nitrogens with zero attached hydrogens (tertiary/aromatic N) is 4. The molecular weight excluding hydrogens is 382 g/mol. The highest BCUT2D eigenvalue weighted by Gasteiger charge is 2.24. The molecule has 0 radical (unpaired) electrons. The molecule has 2 aliphatic heterocycles.